The van der Waals surface area contributed by atoms with Crippen LogP contribution in [-0.4, -0.2) is 23.7 Å². The summed E-state index contributed by atoms with van der Waals surface area (Å²) in [5, 5.41) is 13.2. The molecule has 3 nitrogen and oxygen atoms in total. The Morgan fingerprint density at radius 3 is 2.84 bits per heavy atom. The second-order valence-electron chi connectivity index (χ2n) is 4.95. The van der Waals surface area contributed by atoms with Gasteiger partial charge in [-0.3, -0.25) is 4.79 Å². The first-order valence-corrected chi connectivity index (χ1v) is 7.66. The minimum absolute atomic E-state index is 0.247. The van der Waals surface area contributed by atoms with Crippen LogP contribution in [0.25, 0.3) is 0 Å². The molecule has 0 aromatic heterocycles. The third-order valence-corrected chi connectivity index (χ3v) is 4.41. The van der Waals surface area contributed by atoms with Gasteiger partial charge < -0.3 is 10.4 Å². The number of aliphatic hydroxyl groups is 1. The molecule has 1 aliphatic rings. The van der Waals surface area contributed by atoms with Gasteiger partial charge in [0.15, 0.2) is 0 Å². The number of carbonyl (C=O) groups is 1. The molecule has 0 saturated heterocycles. The van der Waals surface area contributed by atoms with Gasteiger partial charge in [0.2, 0.25) is 0 Å². The Hall–Kier alpha value is -0.580. The molecule has 104 valence electrons. The number of benzene rings is 1. The van der Waals surface area contributed by atoms with Crippen LogP contribution in [0.15, 0.2) is 22.7 Å². The highest BCUT2D eigenvalue weighted by Crippen LogP contribution is 2.27. The summed E-state index contributed by atoms with van der Waals surface area (Å²) in [5.74, 6) is 0.0710. The maximum absolute atomic E-state index is 12.0. The lowest BCUT2D eigenvalue weighted by atomic mass is 10.0. The van der Waals surface area contributed by atoms with Crippen molar-refractivity contribution in [3.8, 4) is 0 Å². The number of nitrogens with one attached hydrogen (secondary N) is 1. The number of rotatable bonds is 4. The second kappa shape index (κ2) is 6.73. The lowest BCUT2D eigenvalue weighted by Crippen LogP contribution is -2.35. The minimum Gasteiger partial charge on any atom is -0.391 e. The first-order chi connectivity index (χ1) is 9.08. The van der Waals surface area contributed by atoms with Gasteiger partial charge >= 0.3 is 0 Å². The highest BCUT2D eigenvalue weighted by molar-refractivity contribution is 9.10. The van der Waals surface area contributed by atoms with Gasteiger partial charge in [0.05, 0.1) is 16.7 Å². The number of carbonyl (C=O) groups excluding carboxylic acids is 1. The fourth-order valence-electron chi connectivity index (χ4n) is 2.47. The molecule has 1 amide bonds. The maximum Gasteiger partial charge on any atom is 0.252 e. The molecule has 0 heterocycles. The molecule has 19 heavy (non-hydrogen) atoms. The van der Waals surface area contributed by atoms with E-state index < -0.39 is 6.10 Å². The van der Waals surface area contributed by atoms with E-state index in [4.69, 9.17) is 11.6 Å². The van der Waals surface area contributed by atoms with Crippen LogP contribution in [0.3, 0.4) is 0 Å². The monoisotopic (exact) mass is 345 g/mol. The number of aliphatic hydroxyl groups excluding tert-OH is 1. The third-order valence-electron chi connectivity index (χ3n) is 3.59. The van der Waals surface area contributed by atoms with Crippen molar-refractivity contribution in [1.29, 1.82) is 0 Å². The SMILES string of the molecule is O=C(NCC(O)C1CCCC1)c1cc(Br)ccc1Cl. The van der Waals surface area contributed by atoms with Gasteiger partial charge in [-0.15, -0.1) is 0 Å². The van der Waals surface area contributed by atoms with Gasteiger partial charge in [0.1, 0.15) is 0 Å². The summed E-state index contributed by atoms with van der Waals surface area (Å²) < 4.78 is 0.804. The van der Waals surface area contributed by atoms with E-state index in [1.165, 1.54) is 12.8 Å². The Bertz CT molecular complexity index is 461. The molecule has 2 N–H and O–H groups in total. The summed E-state index contributed by atoms with van der Waals surface area (Å²) in [6.45, 7) is 0.284. The standard InChI is InChI=1S/C14H17BrClNO2/c15-10-5-6-12(16)11(7-10)14(19)17-8-13(18)9-3-1-2-4-9/h5-7,9,13,18H,1-4,8H2,(H,17,19). The van der Waals surface area contributed by atoms with Crippen molar-refractivity contribution in [3.63, 3.8) is 0 Å². The smallest absolute Gasteiger partial charge is 0.252 e. The fourth-order valence-corrected chi connectivity index (χ4v) is 3.04. The van der Waals surface area contributed by atoms with Crippen molar-refractivity contribution in [2.75, 3.05) is 6.54 Å². The molecule has 1 aromatic rings. The maximum atomic E-state index is 12.0. The Labute approximate surface area is 126 Å². The zero-order chi connectivity index (χ0) is 13.8. The molecule has 5 heteroatoms. The van der Waals surface area contributed by atoms with Crippen LogP contribution in [0.5, 0.6) is 0 Å². The largest absolute Gasteiger partial charge is 0.391 e. The van der Waals surface area contributed by atoms with E-state index in [0.29, 0.717) is 16.5 Å². The van der Waals surface area contributed by atoms with Crippen molar-refractivity contribution in [2.45, 2.75) is 31.8 Å². The molecule has 1 fully saturated rings. The van der Waals surface area contributed by atoms with E-state index in [2.05, 4.69) is 21.2 Å². The van der Waals surface area contributed by atoms with E-state index in [-0.39, 0.29) is 12.5 Å². The highest BCUT2D eigenvalue weighted by atomic mass is 79.9. The summed E-state index contributed by atoms with van der Waals surface area (Å²) in [5.41, 5.74) is 0.426. The average Bonchev–Trinajstić information content (AvgIpc) is 2.92. The molecule has 1 aromatic carbocycles. The Balaban J connectivity index is 1.91. The molecular formula is C14H17BrClNO2. The lowest BCUT2D eigenvalue weighted by molar-refractivity contribution is 0.0840. The summed E-state index contributed by atoms with van der Waals surface area (Å²) in [7, 11) is 0. The van der Waals surface area contributed by atoms with Crippen LogP contribution in [0.4, 0.5) is 0 Å². The number of hydrogen-bond acceptors (Lipinski definition) is 2. The first kappa shape index (κ1) is 14.8. The second-order valence-corrected chi connectivity index (χ2v) is 6.27. The third kappa shape index (κ3) is 3.94. The predicted molar refractivity (Wildman–Crippen MR) is 79.5 cm³/mol. The molecular weight excluding hydrogens is 330 g/mol. The molecule has 0 bridgehead atoms. The molecule has 1 atom stereocenters. The van der Waals surface area contributed by atoms with Crippen LogP contribution in [0, 0.1) is 5.92 Å². The molecule has 0 aliphatic heterocycles. The van der Waals surface area contributed by atoms with Crippen LogP contribution < -0.4 is 5.32 Å². The molecule has 2 rings (SSSR count). The van der Waals surface area contributed by atoms with Gasteiger partial charge in [0, 0.05) is 11.0 Å². The van der Waals surface area contributed by atoms with Gasteiger partial charge in [-0.25, -0.2) is 0 Å². The van der Waals surface area contributed by atoms with Crippen molar-refractivity contribution >= 4 is 33.4 Å². The van der Waals surface area contributed by atoms with Gasteiger partial charge in [-0.1, -0.05) is 40.4 Å². The zero-order valence-corrected chi connectivity index (χ0v) is 12.9. The summed E-state index contributed by atoms with van der Waals surface area (Å²) in [6.07, 6.45) is 3.99. The lowest BCUT2D eigenvalue weighted by Gasteiger charge is -2.18. The van der Waals surface area contributed by atoms with Gasteiger partial charge in [0.25, 0.3) is 5.91 Å². The number of hydrogen-bond donors (Lipinski definition) is 2. The highest BCUT2D eigenvalue weighted by Gasteiger charge is 2.23. The van der Waals surface area contributed by atoms with E-state index in [1.807, 2.05) is 0 Å². The molecule has 1 saturated carbocycles. The quantitative estimate of drug-likeness (QED) is 0.878. The van der Waals surface area contributed by atoms with Crippen LogP contribution >= 0.6 is 27.5 Å². The summed E-state index contributed by atoms with van der Waals surface area (Å²) >= 11 is 9.30. The van der Waals surface area contributed by atoms with Gasteiger partial charge in [-0.2, -0.15) is 0 Å². The fraction of sp³-hybridized carbons (Fsp3) is 0.500. The Morgan fingerprint density at radius 2 is 2.16 bits per heavy atom. The predicted octanol–water partition coefficient (Wildman–Crippen LogP) is 3.38. The summed E-state index contributed by atoms with van der Waals surface area (Å²) in [4.78, 5) is 12.0. The van der Waals surface area contributed by atoms with Crippen molar-refractivity contribution < 1.29 is 9.90 Å². The van der Waals surface area contributed by atoms with E-state index >= 15 is 0 Å². The van der Waals surface area contributed by atoms with E-state index in [0.717, 1.165) is 17.3 Å². The minimum atomic E-state index is -0.461. The van der Waals surface area contributed by atoms with E-state index in [1.54, 1.807) is 18.2 Å². The molecule has 0 radical (unpaired) electrons. The summed E-state index contributed by atoms with van der Waals surface area (Å²) in [6, 6.07) is 5.14. The topological polar surface area (TPSA) is 49.3 Å². The first-order valence-electron chi connectivity index (χ1n) is 6.49. The van der Waals surface area contributed by atoms with Crippen molar-refractivity contribution in [1.82, 2.24) is 5.32 Å². The molecule has 0 spiro atoms. The van der Waals surface area contributed by atoms with Crippen LogP contribution in [0.2, 0.25) is 5.02 Å². The van der Waals surface area contributed by atoms with Crippen molar-refractivity contribution in [2.24, 2.45) is 5.92 Å². The molecule has 1 unspecified atom stereocenters. The zero-order valence-electron chi connectivity index (χ0n) is 10.5. The van der Waals surface area contributed by atoms with Crippen LogP contribution in [0.1, 0.15) is 36.0 Å². The molecule has 1 aliphatic carbocycles. The van der Waals surface area contributed by atoms with Gasteiger partial charge in [-0.05, 0) is 37.0 Å². The Morgan fingerprint density at radius 1 is 1.47 bits per heavy atom. The number of amides is 1. The number of halogens is 2. The van der Waals surface area contributed by atoms with E-state index in [9.17, 15) is 9.90 Å². The van der Waals surface area contributed by atoms with Crippen molar-refractivity contribution in [3.05, 3.63) is 33.3 Å². The normalized spacial score (nSPS) is 17.4. The van der Waals surface area contributed by atoms with Crippen LogP contribution in [-0.2, 0) is 0 Å². The Kier molecular flexibility index (Phi) is 5.25. The average molecular weight is 347 g/mol.